The number of amides is 1. The van der Waals surface area contributed by atoms with E-state index in [1.165, 1.54) is 0 Å². The van der Waals surface area contributed by atoms with Crippen LogP contribution in [0.1, 0.15) is 28.8 Å². The van der Waals surface area contributed by atoms with Crippen LogP contribution in [0.5, 0.6) is 0 Å². The number of ketones is 1. The molecule has 21 heavy (non-hydrogen) atoms. The maximum atomic E-state index is 12.0. The second kappa shape index (κ2) is 7.13. The van der Waals surface area contributed by atoms with Gasteiger partial charge in [0.15, 0.2) is 5.78 Å². The summed E-state index contributed by atoms with van der Waals surface area (Å²) in [6.45, 7) is 1.97. The van der Waals surface area contributed by atoms with Crippen molar-refractivity contribution in [3.05, 3.63) is 58.2 Å². The van der Waals surface area contributed by atoms with Crippen LogP contribution in [0.15, 0.2) is 47.1 Å². The second-order valence-corrected chi connectivity index (χ2v) is 5.61. The molecule has 1 aromatic heterocycles. The van der Waals surface area contributed by atoms with Crippen molar-refractivity contribution in [3.63, 3.8) is 0 Å². The fourth-order valence-corrected chi connectivity index (χ4v) is 2.00. The zero-order valence-corrected chi connectivity index (χ0v) is 13.2. The number of aromatic nitrogens is 1. The first-order valence-corrected chi connectivity index (χ1v) is 7.35. The van der Waals surface area contributed by atoms with Crippen molar-refractivity contribution in [2.24, 2.45) is 0 Å². The number of pyridine rings is 1. The lowest BCUT2D eigenvalue weighted by Gasteiger charge is -2.04. The number of Topliss-reactive ketones (excluding diaryl/α,β-unsaturated/α-hetero) is 1. The molecular formula is C16H15BrN2O2. The molecule has 5 heteroatoms. The molecular weight excluding hydrogens is 332 g/mol. The lowest BCUT2D eigenvalue weighted by atomic mass is 10.1. The Morgan fingerprint density at radius 1 is 1.10 bits per heavy atom. The lowest BCUT2D eigenvalue weighted by Crippen LogP contribution is -2.14. The number of hydrogen-bond acceptors (Lipinski definition) is 3. The maximum Gasteiger partial charge on any atom is 0.225 e. The van der Waals surface area contributed by atoms with Crippen LogP contribution < -0.4 is 5.32 Å². The SMILES string of the molecule is Cc1ccc(C(=O)CCC(=O)Nc2ccc(Br)cn2)cc1. The highest BCUT2D eigenvalue weighted by molar-refractivity contribution is 9.10. The number of carbonyl (C=O) groups is 2. The molecule has 1 aromatic carbocycles. The van der Waals surface area contributed by atoms with Crippen LogP contribution in [-0.2, 0) is 4.79 Å². The van der Waals surface area contributed by atoms with Gasteiger partial charge >= 0.3 is 0 Å². The van der Waals surface area contributed by atoms with Gasteiger partial charge in [0.25, 0.3) is 0 Å². The topological polar surface area (TPSA) is 59.1 Å². The average molecular weight is 347 g/mol. The molecule has 0 spiro atoms. The molecule has 0 saturated carbocycles. The molecule has 0 fully saturated rings. The second-order valence-electron chi connectivity index (χ2n) is 4.70. The van der Waals surface area contributed by atoms with E-state index in [9.17, 15) is 9.59 Å². The first-order chi connectivity index (χ1) is 10.0. The number of rotatable bonds is 5. The van der Waals surface area contributed by atoms with Gasteiger partial charge in [-0.2, -0.15) is 0 Å². The Morgan fingerprint density at radius 3 is 2.43 bits per heavy atom. The van der Waals surface area contributed by atoms with E-state index in [4.69, 9.17) is 0 Å². The van der Waals surface area contributed by atoms with Gasteiger partial charge in [0.05, 0.1) is 0 Å². The minimum atomic E-state index is -0.217. The van der Waals surface area contributed by atoms with Crippen molar-refractivity contribution < 1.29 is 9.59 Å². The molecule has 0 unspecified atom stereocenters. The molecule has 1 N–H and O–H groups in total. The fraction of sp³-hybridized carbons (Fsp3) is 0.188. The highest BCUT2D eigenvalue weighted by Crippen LogP contribution is 2.12. The summed E-state index contributed by atoms with van der Waals surface area (Å²) in [6.07, 6.45) is 1.93. The summed E-state index contributed by atoms with van der Waals surface area (Å²) >= 11 is 3.27. The van der Waals surface area contributed by atoms with Gasteiger partial charge in [-0.1, -0.05) is 29.8 Å². The monoisotopic (exact) mass is 346 g/mol. The van der Waals surface area contributed by atoms with E-state index in [2.05, 4.69) is 26.2 Å². The van der Waals surface area contributed by atoms with Crippen LogP contribution in [0.25, 0.3) is 0 Å². The molecule has 1 heterocycles. The summed E-state index contributed by atoms with van der Waals surface area (Å²) in [4.78, 5) is 27.8. The van der Waals surface area contributed by atoms with Crippen molar-refractivity contribution in [3.8, 4) is 0 Å². The van der Waals surface area contributed by atoms with Crippen LogP contribution in [0.2, 0.25) is 0 Å². The maximum absolute atomic E-state index is 12.0. The first kappa shape index (κ1) is 15.4. The Bertz CT molecular complexity index is 636. The largest absolute Gasteiger partial charge is 0.311 e. The normalized spacial score (nSPS) is 10.2. The third-order valence-corrected chi connectivity index (χ3v) is 3.42. The highest BCUT2D eigenvalue weighted by Gasteiger charge is 2.09. The van der Waals surface area contributed by atoms with Gasteiger partial charge < -0.3 is 5.32 Å². The number of aryl methyl sites for hydroxylation is 1. The average Bonchev–Trinajstić information content (AvgIpc) is 2.48. The van der Waals surface area contributed by atoms with Crippen LogP contribution >= 0.6 is 15.9 Å². The number of hydrogen-bond donors (Lipinski definition) is 1. The predicted molar refractivity (Wildman–Crippen MR) is 85.3 cm³/mol. The van der Waals surface area contributed by atoms with E-state index in [1.54, 1.807) is 30.5 Å². The van der Waals surface area contributed by atoms with Crippen molar-refractivity contribution in [2.75, 3.05) is 5.32 Å². The number of anilines is 1. The highest BCUT2D eigenvalue weighted by atomic mass is 79.9. The standard InChI is InChI=1S/C16H15BrN2O2/c1-11-2-4-12(5-3-11)14(20)7-9-16(21)19-15-8-6-13(17)10-18-15/h2-6,8,10H,7,9H2,1H3,(H,18,19,21). The summed E-state index contributed by atoms with van der Waals surface area (Å²) in [6, 6.07) is 10.8. The number of benzene rings is 1. The summed E-state index contributed by atoms with van der Waals surface area (Å²) in [5, 5.41) is 2.66. The van der Waals surface area contributed by atoms with Crippen LogP contribution in [0.4, 0.5) is 5.82 Å². The lowest BCUT2D eigenvalue weighted by molar-refractivity contribution is -0.116. The van der Waals surface area contributed by atoms with E-state index in [-0.39, 0.29) is 24.5 Å². The Labute approximate surface area is 131 Å². The molecule has 4 nitrogen and oxygen atoms in total. The van der Waals surface area contributed by atoms with E-state index in [0.29, 0.717) is 11.4 Å². The van der Waals surface area contributed by atoms with Gasteiger partial charge in [0, 0.05) is 29.1 Å². The minimum Gasteiger partial charge on any atom is -0.311 e. The van der Waals surface area contributed by atoms with Crippen LogP contribution in [0.3, 0.4) is 0 Å². The molecule has 108 valence electrons. The summed E-state index contributed by atoms with van der Waals surface area (Å²) in [5.41, 5.74) is 1.74. The zero-order chi connectivity index (χ0) is 15.2. The minimum absolute atomic E-state index is 0.0334. The smallest absolute Gasteiger partial charge is 0.225 e. The van der Waals surface area contributed by atoms with E-state index < -0.39 is 0 Å². The van der Waals surface area contributed by atoms with Gasteiger partial charge in [-0.3, -0.25) is 9.59 Å². The quantitative estimate of drug-likeness (QED) is 0.838. The fourth-order valence-electron chi connectivity index (χ4n) is 1.77. The Hall–Kier alpha value is -2.01. The van der Waals surface area contributed by atoms with E-state index in [0.717, 1.165) is 10.0 Å². The molecule has 0 saturated heterocycles. The van der Waals surface area contributed by atoms with E-state index >= 15 is 0 Å². The Kier molecular flexibility index (Phi) is 5.22. The number of nitrogens with one attached hydrogen (secondary N) is 1. The Balaban J connectivity index is 1.84. The summed E-state index contributed by atoms with van der Waals surface area (Å²) in [5.74, 6) is 0.227. The number of halogens is 1. The van der Waals surface area contributed by atoms with Crippen molar-refractivity contribution in [1.29, 1.82) is 0 Å². The van der Waals surface area contributed by atoms with Crippen molar-refractivity contribution in [2.45, 2.75) is 19.8 Å². The first-order valence-electron chi connectivity index (χ1n) is 6.56. The van der Waals surface area contributed by atoms with E-state index in [1.807, 2.05) is 19.1 Å². The van der Waals surface area contributed by atoms with Gasteiger partial charge in [-0.15, -0.1) is 0 Å². The van der Waals surface area contributed by atoms with Gasteiger partial charge in [-0.05, 0) is 35.0 Å². The molecule has 0 aliphatic carbocycles. The molecule has 0 radical (unpaired) electrons. The number of nitrogens with zero attached hydrogens (tertiary/aromatic N) is 1. The third-order valence-electron chi connectivity index (χ3n) is 2.95. The van der Waals surface area contributed by atoms with Gasteiger partial charge in [0.2, 0.25) is 5.91 Å². The van der Waals surface area contributed by atoms with Crippen LogP contribution in [0, 0.1) is 6.92 Å². The molecule has 0 bridgehead atoms. The third kappa shape index (κ3) is 4.79. The molecule has 1 amide bonds. The molecule has 2 rings (SSSR count). The van der Waals surface area contributed by atoms with Crippen LogP contribution in [-0.4, -0.2) is 16.7 Å². The molecule has 0 atom stereocenters. The van der Waals surface area contributed by atoms with Crippen molar-refractivity contribution >= 4 is 33.4 Å². The van der Waals surface area contributed by atoms with Gasteiger partial charge in [-0.25, -0.2) is 4.98 Å². The summed E-state index contributed by atoms with van der Waals surface area (Å²) < 4.78 is 0.843. The Morgan fingerprint density at radius 2 is 1.81 bits per heavy atom. The van der Waals surface area contributed by atoms with Crippen molar-refractivity contribution in [1.82, 2.24) is 4.98 Å². The summed E-state index contributed by atoms with van der Waals surface area (Å²) in [7, 11) is 0. The number of carbonyl (C=O) groups excluding carboxylic acids is 2. The molecule has 2 aromatic rings. The predicted octanol–water partition coefficient (Wildman–Crippen LogP) is 3.75. The zero-order valence-electron chi connectivity index (χ0n) is 11.6. The van der Waals surface area contributed by atoms with Gasteiger partial charge in [0.1, 0.15) is 5.82 Å². The molecule has 0 aliphatic heterocycles. The molecule has 0 aliphatic rings.